The van der Waals surface area contributed by atoms with E-state index in [4.69, 9.17) is 5.41 Å². The molecule has 0 aliphatic rings. The number of nitrogens with one attached hydrogen (secondary N) is 1. The SMILES string of the molecule is C=C(C)\C=C/C=C(C)/C(=C/C(=N)CC)CCC. The fourth-order valence-electron chi connectivity index (χ4n) is 1.43. The van der Waals surface area contributed by atoms with Gasteiger partial charge in [0.25, 0.3) is 0 Å². The van der Waals surface area contributed by atoms with E-state index in [1.165, 1.54) is 11.1 Å². The predicted molar refractivity (Wildman–Crippen MR) is 78.7 cm³/mol. The van der Waals surface area contributed by atoms with Crippen LogP contribution in [0.3, 0.4) is 0 Å². The first kappa shape index (κ1) is 15.6. The van der Waals surface area contributed by atoms with Gasteiger partial charge in [-0.1, -0.05) is 50.6 Å². The van der Waals surface area contributed by atoms with E-state index in [1.54, 1.807) is 0 Å². The quantitative estimate of drug-likeness (QED) is 0.459. The summed E-state index contributed by atoms with van der Waals surface area (Å²) in [5.41, 5.74) is 4.26. The van der Waals surface area contributed by atoms with Crippen molar-refractivity contribution in [2.75, 3.05) is 0 Å². The van der Waals surface area contributed by atoms with Crippen LogP contribution < -0.4 is 0 Å². The van der Waals surface area contributed by atoms with E-state index in [1.807, 2.05) is 32.1 Å². The Bertz CT molecular complexity index is 354. The summed E-state index contributed by atoms with van der Waals surface area (Å²) in [4.78, 5) is 0. The van der Waals surface area contributed by atoms with Gasteiger partial charge in [0.05, 0.1) is 0 Å². The van der Waals surface area contributed by atoms with Crippen molar-refractivity contribution in [3.8, 4) is 0 Å². The van der Waals surface area contributed by atoms with Crippen molar-refractivity contribution < 1.29 is 0 Å². The Morgan fingerprint density at radius 3 is 2.35 bits per heavy atom. The van der Waals surface area contributed by atoms with Gasteiger partial charge in [0.1, 0.15) is 0 Å². The molecule has 0 radical (unpaired) electrons. The van der Waals surface area contributed by atoms with Crippen LogP contribution >= 0.6 is 0 Å². The Hall–Kier alpha value is -1.37. The van der Waals surface area contributed by atoms with Gasteiger partial charge in [0, 0.05) is 5.71 Å². The second-order valence-corrected chi connectivity index (χ2v) is 4.35. The molecule has 1 heteroatoms. The lowest BCUT2D eigenvalue weighted by Crippen LogP contribution is -1.93. The maximum Gasteiger partial charge on any atom is 0.0314 e. The molecule has 0 aliphatic carbocycles. The molecule has 0 unspecified atom stereocenters. The third-order valence-electron chi connectivity index (χ3n) is 2.48. The monoisotopic (exact) mass is 231 g/mol. The lowest BCUT2D eigenvalue weighted by Gasteiger charge is -2.06. The van der Waals surface area contributed by atoms with Gasteiger partial charge in [-0.3, -0.25) is 0 Å². The largest absolute Gasteiger partial charge is 0.305 e. The van der Waals surface area contributed by atoms with Crippen LogP contribution in [-0.4, -0.2) is 5.71 Å². The van der Waals surface area contributed by atoms with Crippen LogP contribution in [0.2, 0.25) is 0 Å². The molecule has 0 atom stereocenters. The molecule has 0 bridgehead atoms. The number of rotatable bonds is 7. The smallest absolute Gasteiger partial charge is 0.0314 e. The molecule has 1 nitrogen and oxygen atoms in total. The van der Waals surface area contributed by atoms with Gasteiger partial charge in [-0.2, -0.15) is 0 Å². The maximum atomic E-state index is 7.75. The lowest BCUT2D eigenvalue weighted by molar-refractivity contribution is 0.912. The standard InChI is InChI=1S/C16H25N/c1-6-9-15(12-16(17)7-2)14(5)11-8-10-13(3)4/h8,10-12,17H,3,6-7,9H2,1-2,4-5H3/b10-8-,14-11+,15-12+,17-16?. The summed E-state index contributed by atoms with van der Waals surface area (Å²) < 4.78 is 0. The Morgan fingerprint density at radius 1 is 1.24 bits per heavy atom. The molecule has 0 fully saturated rings. The van der Waals surface area contributed by atoms with E-state index < -0.39 is 0 Å². The Morgan fingerprint density at radius 2 is 1.88 bits per heavy atom. The van der Waals surface area contributed by atoms with Crippen molar-refractivity contribution in [3.63, 3.8) is 0 Å². The van der Waals surface area contributed by atoms with Crippen LogP contribution in [0.5, 0.6) is 0 Å². The average Bonchev–Trinajstić information content (AvgIpc) is 2.27. The van der Waals surface area contributed by atoms with Crippen LogP contribution in [0.1, 0.15) is 47.0 Å². The first-order valence-corrected chi connectivity index (χ1v) is 6.30. The van der Waals surface area contributed by atoms with Crippen molar-refractivity contribution in [1.29, 1.82) is 5.41 Å². The van der Waals surface area contributed by atoms with Gasteiger partial charge in [-0.25, -0.2) is 0 Å². The highest BCUT2D eigenvalue weighted by Crippen LogP contribution is 2.16. The van der Waals surface area contributed by atoms with Gasteiger partial charge in [-0.05, 0) is 43.9 Å². The molecule has 0 aromatic rings. The van der Waals surface area contributed by atoms with E-state index in [0.717, 1.165) is 24.8 Å². The Kier molecular flexibility index (Phi) is 8.04. The van der Waals surface area contributed by atoms with Gasteiger partial charge in [0.15, 0.2) is 0 Å². The first-order chi connectivity index (χ1) is 8.01. The van der Waals surface area contributed by atoms with E-state index in [-0.39, 0.29) is 0 Å². The summed E-state index contributed by atoms with van der Waals surface area (Å²) in [7, 11) is 0. The molecular weight excluding hydrogens is 206 g/mol. The van der Waals surface area contributed by atoms with Gasteiger partial charge in [-0.15, -0.1) is 0 Å². The van der Waals surface area contributed by atoms with Crippen LogP contribution in [0, 0.1) is 5.41 Å². The molecule has 0 heterocycles. The molecule has 0 spiro atoms. The summed E-state index contributed by atoms with van der Waals surface area (Å²) in [5.74, 6) is 0. The molecular formula is C16H25N. The molecule has 0 aromatic heterocycles. The van der Waals surface area contributed by atoms with Gasteiger partial charge in [0.2, 0.25) is 0 Å². The molecule has 17 heavy (non-hydrogen) atoms. The zero-order chi connectivity index (χ0) is 13.3. The van der Waals surface area contributed by atoms with E-state index in [0.29, 0.717) is 5.71 Å². The highest BCUT2D eigenvalue weighted by Gasteiger charge is 1.99. The minimum Gasteiger partial charge on any atom is -0.305 e. The summed E-state index contributed by atoms with van der Waals surface area (Å²) in [6.45, 7) is 12.1. The third-order valence-corrected chi connectivity index (χ3v) is 2.48. The van der Waals surface area contributed by atoms with Crippen LogP contribution in [-0.2, 0) is 0 Å². The minimum absolute atomic E-state index is 0.699. The molecule has 0 aliphatic heterocycles. The molecule has 0 saturated carbocycles. The highest BCUT2D eigenvalue weighted by atomic mass is 14.4. The maximum absolute atomic E-state index is 7.75. The minimum atomic E-state index is 0.699. The fourth-order valence-corrected chi connectivity index (χ4v) is 1.43. The summed E-state index contributed by atoms with van der Waals surface area (Å²) in [6, 6.07) is 0. The number of allylic oxidation sites excluding steroid dienone is 7. The van der Waals surface area contributed by atoms with E-state index in [2.05, 4.69) is 26.5 Å². The van der Waals surface area contributed by atoms with Crippen molar-refractivity contribution in [2.45, 2.75) is 47.0 Å². The topological polar surface area (TPSA) is 23.9 Å². The third kappa shape index (κ3) is 7.51. The van der Waals surface area contributed by atoms with Crippen LogP contribution in [0.25, 0.3) is 0 Å². The zero-order valence-corrected chi connectivity index (χ0v) is 11.6. The van der Waals surface area contributed by atoms with E-state index in [9.17, 15) is 0 Å². The second-order valence-electron chi connectivity index (χ2n) is 4.35. The zero-order valence-electron chi connectivity index (χ0n) is 11.6. The van der Waals surface area contributed by atoms with Crippen molar-refractivity contribution in [1.82, 2.24) is 0 Å². The summed E-state index contributed by atoms with van der Waals surface area (Å²) in [6.07, 6.45) is 11.1. The Labute approximate surface area is 106 Å². The van der Waals surface area contributed by atoms with Crippen molar-refractivity contribution in [2.24, 2.45) is 0 Å². The predicted octanol–water partition coefficient (Wildman–Crippen LogP) is 5.22. The van der Waals surface area contributed by atoms with Gasteiger partial charge >= 0.3 is 0 Å². The molecule has 0 aromatic carbocycles. The second kappa shape index (κ2) is 8.74. The summed E-state index contributed by atoms with van der Waals surface area (Å²) in [5, 5.41) is 7.75. The van der Waals surface area contributed by atoms with Crippen molar-refractivity contribution in [3.05, 3.63) is 47.6 Å². The molecule has 0 amide bonds. The number of hydrogen-bond donors (Lipinski definition) is 1. The van der Waals surface area contributed by atoms with Crippen LogP contribution in [0.4, 0.5) is 0 Å². The first-order valence-electron chi connectivity index (χ1n) is 6.30. The molecule has 0 rings (SSSR count). The van der Waals surface area contributed by atoms with E-state index >= 15 is 0 Å². The molecule has 1 N–H and O–H groups in total. The lowest BCUT2D eigenvalue weighted by atomic mass is 10.00. The van der Waals surface area contributed by atoms with Gasteiger partial charge < -0.3 is 5.41 Å². The van der Waals surface area contributed by atoms with Crippen LogP contribution in [0.15, 0.2) is 47.6 Å². The number of hydrogen-bond acceptors (Lipinski definition) is 1. The normalized spacial score (nSPS) is 13.2. The Balaban J connectivity index is 4.87. The molecule has 94 valence electrons. The average molecular weight is 231 g/mol. The fraction of sp³-hybridized carbons (Fsp3) is 0.438. The highest BCUT2D eigenvalue weighted by molar-refractivity contribution is 5.93. The molecule has 0 saturated heterocycles. The summed E-state index contributed by atoms with van der Waals surface area (Å²) >= 11 is 0. The van der Waals surface area contributed by atoms with Crippen molar-refractivity contribution >= 4 is 5.71 Å².